The molecule has 0 saturated heterocycles. The van der Waals surface area contributed by atoms with Crippen LogP contribution in [-0.2, 0) is 13.6 Å². The van der Waals surface area contributed by atoms with Crippen molar-refractivity contribution in [2.24, 2.45) is 7.05 Å². The number of nitrogens with zero attached hydrogens (tertiary/aromatic N) is 3. The smallest absolute Gasteiger partial charge is 0.131 e. The summed E-state index contributed by atoms with van der Waals surface area (Å²) in [4.78, 5) is 2.33. The highest BCUT2D eigenvalue weighted by molar-refractivity contribution is 6.30. The Hall–Kier alpha value is -0.250. The number of aryl methyl sites for hydroxylation is 2. The maximum absolute atomic E-state index is 6.43. The van der Waals surface area contributed by atoms with Crippen molar-refractivity contribution >= 4 is 23.2 Å². The molecule has 1 saturated carbocycles. The third-order valence-electron chi connectivity index (χ3n) is 3.89. The molecule has 1 aliphatic rings. The van der Waals surface area contributed by atoms with Crippen molar-refractivity contribution in [1.29, 1.82) is 0 Å². The molecule has 0 aliphatic heterocycles. The SMILES string of the molecule is Cc1nn(C)c(Cl)c1CN(C)C1CCCCC1Cl. The van der Waals surface area contributed by atoms with E-state index in [4.69, 9.17) is 23.2 Å². The Bertz CT molecular complexity index is 417. The van der Waals surface area contributed by atoms with Gasteiger partial charge < -0.3 is 0 Å². The molecule has 0 N–H and O–H groups in total. The van der Waals surface area contributed by atoms with Gasteiger partial charge in [0.15, 0.2) is 0 Å². The zero-order valence-corrected chi connectivity index (χ0v) is 12.8. The first-order valence-electron chi connectivity index (χ1n) is 6.53. The Kier molecular flexibility index (Phi) is 4.57. The number of rotatable bonds is 3. The van der Waals surface area contributed by atoms with Crippen molar-refractivity contribution in [2.45, 2.75) is 50.6 Å². The number of hydrogen-bond donors (Lipinski definition) is 0. The fraction of sp³-hybridized carbons (Fsp3) is 0.769. The minimum Gasteiger partial charge on any atom is -0.298 e. The van der Waals surface area contributed by atoms with E-state index in [2.05, 4.69) is 17.0 Å². The van der Waals surface area contributed by atoms with Gasteiger partial charge in [0.1, 0.15) is 5.15 Å². The minimum atomic E-state index is 0.263. The average Bonchev–Trinajstić information content (AvgIpc) is 2.56. The summed E-state index contributed by atoms with van der Waals surface area (Å²) in [5, 5.41) is 5.35. The molecule has 1 aromatic rings. The van der Waals surface area contributed by atoms with Gasteiger partial charge in [-0.25, -0.2) is 0 Å². The standard InChI is InChI=1S/C13H21Cl2N3/c1-9-10(13(15)18(3)16-9)8-17(2)12-7-5-4-6-11(12)14/h11-12H,4-8H2,1-3H3. The molecule has 2 atom stereocenters. The van der Waals surface area contributed by atoms with Crippen LogP contribution in [0.4, 0.5) is 0 Å². The highest BCUT2D eigenvalue weighted by Crippen LogP contribution is 2.29. The van der Waals surface area contributed by atoms with Crippen LogP contribution in [0.25, 0.3) is 0 Å². The molecular formula is C13H21Cl2N3. The lowest BCUT2D eigenvalue weighted by Crippen LogP contribution is -2.40. The molecule has 1 heterocycles. The maximum Gasteiger partial charge on any atom is 0.131 e. The zero-order chi connectivity index (χ0) is 13.3. The Morgan fingerprint density at radius 1 is 1.39 bits per heavy atom. The van der Waals surface area contributed by atoms with Crippen molar-refractivity contribution in [3.05, 3.63) is 16.4 Å². The lowest BCUT2D eigenvalue weighted by atomic mass is 9.93. The van der Waals surface area contributed by atoms with Gasteiger partial charge in [-0.1, -0.05) is 24.4 Å². The van der Waals surface area contributed by atoms with E-state index in [1.54, 1.807) is 4.68 Å². The van der Waals surface area contributed by atoms with Crippen LogP contribution in [0.5, 0.6) is 0 Å². The van der Waals surface area contributed by atoms with E-state index in [-0.39, 0.29) is 5.38 Å². The van der Waals surface area contributed by atoms with Crippen molar-refractivity contribution in [2.75, 3.05) is 7.05 Å². The molecule has 3 nitrogen and oxygen atoms in total. The summed E-state index contributed by atoms with van der Waals surface area (Å²) in [6.45, 7) is 2.83. The van der Waals surface area contributed by atoms with Crippen LogP contribution in [0.2, 0.25) is 5.15 Å². The first-order valence-corrected chi connectivity index (χ1v) is 7.34. The molecule has 0 aromatic carbocycles. The fourth-order valence-electron chi connectivity index (χ4n) is 2.78. The molecule has 102 valence electrons. The minimum absolute atomic E-state index is 0.263. The van der Waals surface area contributed by atoms with E-state index in [1.165, 1.54) is 19.3 Å². The number of hydrogen-bond acceptors (Lipinski definition) is 2. The Balaban J connectivity index is 2.08. The van der Waals surface area contributed by atoms with Crippen LogP contribution < -0.4 is 0 Å². The van der Waals surface area contributed by atoms with E-state index in [9.17, 15) is 0 Å². The van der Waals surface area contributed by atoms with E-state index in [0.717, 1.165) is 29.4 Å². The Morgan fingerprint density at radius 2 is 2.06 bits per heavy atom. The van der Waals surface area contributed by atoms with Gasteiger partial charge in [-0.2, -0.15) is 5.10 Å². The van der Waals surface area contributed by atoms with Crippen LogP contribution in [0, 0.1) is 6.92 Å². The fourth-order valence-corrected chi connectivity index (χ4v) is 3.49. The van der Waals surface area contributed by atoms with Gasteiger partial charge in [0, 0.05) is 30.6 Å². The molecule has 2 unspecified atom stereocenters. The summed E-state index contributed by atoms with van der Waals surface area (Å²) in [5.41, 5.74) is 2.13. The van der Waals surface area contributed by atoms with E-state index in [1.807, 2.05) is 14.0 Å². The van der Waals surface area contributed by atoms with E-state index in [0.29, 0.717) is 6.04 Å². The molecule has 18 heavy (non-hydrogen) atoms. The van der Waals surface area contributed by atoms with Gasteiger partial charge >= 0.3 is 0 Å². The van der Waals surface area contributed by atoms with Gasteiger partial charge in [0.25, 0.3) is 0 Å². The van der Waals surface area contributed by atoms with Crippen LogP contribution in [0.3, 0.4) is 0 Å². The largest absolute Gasteiger partial charge is 0.298 e. The summed E-state index contributed by atoms with van der Waals surface area (Å²) in [6.07, 6.45) is 4.83. The van der Waals surface area contributed by atoms with Gasteiger partial charge in [-0.3, -0.25) is 9.58 Å². The van der Waals surface area contributed by atoms with Crippen molar-refractivity contribution < 1.29 is 0 Å². The number of aromatic nitrogens is 2. The highest BCUT2D eigenvalue weighted by Gasteiger charge is 2.27. The van der Waals surface area contributed by atoms with Crippen LogP contribution in [-0.4, -0.2) is 33.1 Å². The predicted octanol–water partition coefficient (Wildman–Crippen LogP) is 3.36. The third kappa shape index (κ3) is 2.84. The summed E-state index contributed by atoms with van der Waals surface area (Å²) < 4.78 is 1.74. The van der Waals surface area contributed by atoms with E-state index < -0.39 is 0 Å². The van der Waals surface area contributed by atoms with Crippen LogP contribution in [0.1, 0.15) is 36.9 Å². The second kappa shape index (κ2) is 5.81. The van der Waals surface area contributed by atoms with Crippen molar-refractivity contribution in [3.8, 4) is 0 Å². The summed E-state index contributed by atoms with van der Waals surface area (Å²) >= 11 is 12.7. The van der Waals surface area contributed by atoms with Crippen LogP contribution in [0.15, 0.2) is 0 Å². The molecule has 0 bridgehead atoms. The Morgan fingerprint density at radius 3 is 2.61 bits per heavy atom. The van der Waals surface area contributed by atoms with Gasteiger partial charge in [-0.05, 0) is 26.8 Å². The molecule has 0 spiro atoms. The zero-order valence-electron chi connectivity index (χ0n) is 11.3. The van der Waals surface area contributed by atoms with Crippen molar-refractivity contribution in [3.63, 3.8) is 0 Å². The number of halogens is 2. The second-order valence-electron chi connectivity index (χ2n) is 5.26. The second-order valence-corrected chi connectivity index (χ2v) is 6.18. The van der Waals surface area contributed by atoms with Crippen LogP contribution >= 0.6 is 23.2 Å². The van der Waals surface area contributed by atoms with Gasteiger partial charge in [-0.15, -0.1) is 11.6 Å². The molecular weight excluding hydrogens is 269 g/mol. The molecule has 1 aromatic heterocycles. The Labute approximate surface area is 119 Å². The lowest BCUT2D eigenvalue weighted by molar-refractivity contribution is 0.188. The van der Waals surface area contributed by atoms with E-state index >= 15 is 0 Å². The molecule has 1 aliphatic carbocycles. The first kappa shape index (κ1) is 14.2. The molecule has 5 heteroatoms. The topological polar surface area (TPSA) is 21.1 Å². The molecule has 0 radical (unpaired) electrons. The normalized spacial score (nSPS) is 24.8. The number of alkyl halides is 1. The maximum atomic E-state index is 6.43. The quantitative estimate of drug-likeness (QED) is 0.796. The molecule has 2 rings (SSSR count). The average molecular weight is 290 g/mol. The summed E-state index contributed by atoms with van der Waals surface area (Å²) in [7, 11) is 4.01. The predicted molar refractivity (Wildman–Crippen MR) is 76.3 cm³/mol. The van der Waals surface area contributed by atoms with Gasteiger partial charge in [0.05, 0.1) is 5.69 Å². The highest BCUT2D eigenvalue weighted by atomic mass is 35.5. The third-order valence-corrected chi connectivity index (χ3v) is 4.87. The summed E-state index contributed by atoms with van der Waals surface area (Å²) in [6, 6.07) is 0.455. The molecule has 1 fully saturated rings. The van der Waals surface area contributed by atoms with Crippen molar-refractivity contribution in [1.82, 2.24) is 14.7 Å². The molecule has 0 amide bonds. The lowest BCUT2D eigenvalue weighted by Gasteiger charge is -2.34. The monoisotopic (exact) mass is 289 g/mol. The van der Waals surface area contributed by atoms with Gasteiger partial charge in [0.2, 0.25) is 0 Å². The summed E-state index contributed by atoms with van der Waals surface area (Å²) in [5.74, 6) is 0. The first-order chi connectivity index (χ1) is 8.50.